The van der Waals surface area contributed by atoms with Gasteiger partial charge in [-0.05, 0) is 37.9 Å². The highest BCUT2D eigenvalue weighted by Crippen LogP contribution is 2.34. The van der Waals surface area contributed by atoms with E-state index in [0.29, 0.717) is 7.57 Å². The number of hydrogen-bond donors (Lipinski definition) is 2. The summed E-state index contributed by atoms with van der Waals surface area (Å²) < 4.78 is 32.4. The first-order valence-corrected chi connectivity index (χ1v) is 8.36. The van der Waals surface area contributed by atoms with Crippen molar-refractivity contribution in [3.8, 4) is 0 Å². The second kappa shape index (κ2) is 6.60. The third-order valence-corrected chi connectivity index (χ3v) is 6.10. The molecule has 1 unspecified atom stereocenters. The maximum absolute atomic E-state index is 12.0. The molecule has 0 aromatic carbocycles. The number of halogens is 2. The lowest BCUT2D eigenvalue weighted by molar-refractivity contribution is 0.139. The van der Waals surface area contributed by atoms with Gasteiger partial charge in [-0.3, -0.25) is 0 Å². The average molecular weight is 409 g/mol. The van der Waals surface area contributed by atoms with Crippen molar-refractivity contribution >= 4 is 53.2 Å². The molecule has 98 valence electrons. The van der Waals surface area contributed by atoms with Crippen molar-refractivity contribution in [3.63, 3.8) is 0 Å². The average Bonchev–Trinajstić information content (AvgIpc) is 2.57. The summed E-state index contributed by atoms with van der Waals surface area (Å²) in [6, 6.07) is 0.841. The van der Waals surface area contributed by atoms with E-state index >= 15 is 0 Å². The van der Waals surface area contributed by atoms with Crippen molar-refractivity contribution in [1.29, 1.82) is 0 Å². The fourth-order valence-corrected chi connectivity index (χ4v) is 6.14. The minimum atomic E-state index is -3.66. The Morgan fingerprint density at radius 2 is 2.24 bits per heavy atom. The lowest BCUT2D eigenvalue weighted by atomic mass is 10.4. The van der Waals surface area contributed by atoms with Crippen LogP contribution in [0, 0.1) is 0 Å². The molecule has 0 fully saturated rings. The standard InChI is InChI=1S/C8H11Br2NO4S2/c1-15-4-5(3-12)11-17(13,14)6-2-7(9)16-8(6)10/h2,5,11-12H,3-4H2,1H3. The maximum atomic E-state index is 12.0. The van der Waals surface area contributed by atoms with Gasteiger partial charge in [0, 0.05) is 7.11 Å². The summed E-state index contributed by atoms with van der Waals surface area (Å²) in [4.78, 5) is 0.143. The summed E-state index contributed by atoms with van der Waals surface area (Å²) in [5, 5.41) is 9.02. The molecular weight excluding hydrogens is 398 g/mol. The monoisotopic (exact) mass is 407 g/mol. The highest BCUT2D eigenvalue weighted by Gasteiger charge is 2.23. The molecule has 0 aliphatic carbocycles. The van der Waals surface area contributed by atoms with Gasteiger partial charge in [0.25, 0.3) is 0 Å². The zero-order chi connectivity index (χ0) is 13.1. The smallest absolute Gasteiger partial charge is 0.242 e. The van der Waals surface area contributed by atoms with Gasteiger partial charge in [0.2, 0.25) is 10.0 Å². The van der Waals surface area contributed by atoms with Crippen LogP contribution < -0.4 is 4.72 Å². The van der Waals surface area contributed by atoms with Crippen LogP contribution in [-0.4, -0.2) is 39.9 Å². The van der Waals surface area contributed by atoms with Crippen LogP contribution in [0.3, 0.4) is 0 Å². The second-order valence-corrected chi connectivity index (χ2v) is 8.58. The summed E-state index contributed by atoms with van der Waals surface area (Å²) in [5.74, 6) is 0. The van der Waals surface area contributed by atoms with E-state index in [2.05, 4.69) is 36.6 Å². The Bertz CT molecular complexity index is 474. The van der Waals surface area contributed by atoms with Gasteiger partial charge in [0.05, 0.1) is 26.8 Å². The normalized spacial score (nSPS) is 13.9. The van der Waals surface area contributed by atoms with E-state index in [1.54, 1.807) is 0 Å². The first-order chi connectivity index (χ1) is 7.90. The third-order valence-electron chi connectivity index (χ3n) is 1.82. The molecule has 0 bridgehead atoms. The van der Waals surface area contributed by atoms with Crippen LogP contribution in [-0.2, 0) is 14.8 Å². The van der Waals surface area contributed by atoms with E-state index in [4.69, 9.17) is 9.84 Å². The van der Waals surface area contributed by atoms with Crippen LogP contribution in [0.15, 0.2) is 18.5 Å². The van der Waals surface area contributed by atoms with Gasteiger partial charge in [-0.15, -0.1) is 11.3 Å². The van der Waals surface area contributed by atoms with Gasteiger partial charge in [-0.2, -0.15) is 0 Å². The Morgan fingerprint density at radius 1 is 1.59 bits per heavy atom. The molecule has 17 heavy (non-hydrogen) atoms. The molecule has 0 aliphatic rings. The van der Waals surface area contributed by atoms with Crippen molar-refractivity contribution < 1.29 is 18.3 Å². The molecule has 0 amide bonds. The van der Waals surface area contributed by atoms with Crippen LogP contribution >= 0.6 is 43.2 Å². The van der Waals surface area contributed by atoms with Crippen molar-refractivity contribution in [3.05, 3.63) is 13.6 Å². The topological polar surface area (TPSA) is 75.6 Å². The molecule has 0 saturated carbocycles. The molecule has 5 nitrogen and oxygen atoms in total. The Hall–Kier alpha value is 0.490. The first-order valence-electron chi connectivity index (χ1n) is 4.47. The van der Waals surface area contributed by atoms with Gasteiger partial charge in [0.15, 0.2) is 0 Å². The van der Waals surface area contributed by atoms with E-state index in [-0.39, 0.29) is 18.1 Å². The molecule has 0 aliphatic heterocycles. The minimum absolute atomic E-state index is 0.110. The van der Waals surface area contributed by atoms with Crippen molar-refractivity contribution in [1.82, 2.24) is 4.72 Å². The molecule has 0 saturated heterocycles. The SMILES string of the molecule is COCC(CO)NS(=O)(=O)c1cc(Br)sc1Br. The largest absolute Gasteiger partial charge is 0.395 e. The highest BCUT2D eigenvalue weighted by molar-refractivity contribution is 9.12. The number of sulfonamides is 1. The second-order valence-electron chi connectivity index (χ2n) is 3.14. The molecule has 1 aromatic heterocycles. The van der Waals surface area contributed by atoms with Gasteiger partial charge in [0.1, 0.15) is 4.90 Å². The molecule has 0 radical (unpaired) electrons. The summed E-state index contributed by atoms with van der Waals surface area (Å²) >= 11 is 7.66. The fourth-order valence-electron chi connectivity index (χ4n) is 1.12. The Kier molecular flexibility index (Phi) is 6.03. The van der Waals surface area contributed by atoms with Crippen LogP contribution in [0.2, 0.25) is 0 Å². The molecular formula is C8H11Br2NO4S2. The molecule has 1 rings (SSSR count). The lowest BCUT2D eigenvalue weighted by Gasteiger charge is -2.14. The predicted molar refractivity (Wildman–Crippen MR) is 72.8 cm³/mol. The van der Waals surface area contributed by atoms with Crippen LogP contribution in [0.5, 0.6) is 0 Å². The van der Waals surface area contributed by atoms with Gasteiger partial charge in [-0.25, -0.2) is 13.1 Å². The highest BCUT2D eigenvalue weighted by atomic mass is 79.9. The van der Waals surface area contributed by atoms with Crippen molar-refractivity contribution in [2.75, 3.05) is 20.3 Å². The number of aliphatic hydroxyl groups excluding tert-OH is 1. The predicted octanol–water partition coefficient (Wildman–Crippen LogP) is 1.56. The number of ether oxygens (including phenoxy) is 1. The Morgan fingerprint density at radius 3 is 2.65 bits per heavy atom. The fraction of sp³-hybridized carbons (Fsp3) is 0.500. The number of methoxy groups -OCH3 is 1. The zero-order valence-corrected chi connectivity index (χ0v) is 13.6. The lowest BCUT2D eigenvalue weighted by Crippen LogP contribution is -2.40. The van der Waals surface area contributed by atoms with E-state index in [0.717, 1.165) is 0 Å². The van der Waals surface area contributed by atoms with Gasteiger partial charge in [-0.1, -0.05) is 0 Å². The quantitative estimate of drug-likeness (QED) is 0.748. The molecule has 1 atom stereocenters. The first kappa shape index (κ1) is 15.5. The number of thiophene rings is 1. The van der Waals surface area contributed by atoms with Crippen LogP contribution in [0.1, 0.15) is 0 Å². The van der Waals surface area contributed by atoms with Gasteiger partial charge >= 0.3 is 0 Å². The van der Waals surface area contributed by atoms with Crippen LogP contribution in [0.4, 0.5) is 0 Å². The number of hydrogen-bond acceptors (Lipinski definition) is 5. The Labute approximate surface area is 120 Å². The number of nitrogens with one attached hydrogen (secondary N) is 1. The molecule has 1 heterocycles. The van der Waals surface area contributed by atoms with E-state index in [1.807, 2.05) is 0 Å². The summed E-state index contributed by atoms with van der Waals surface area (Å²) in [5.41, 5.74) is 0. The Balaban J connectivity index is 2.92. The molecule has 9 heteroatoms. The zero-order valence-electron chi connectivity index (χ0n) is 8.81. The van der Waals surface area contributed by atoms with Crippen LogP contribution in [0.25, 0.3) is 0 Å². The summed E-state index contributed by atoms with van der Waals surface area (Å²) in [6.07, 6.45) is 0. The van der Waals surface area contributed by atoms with E-state index in [9.17, 15) is 8.42 Å². The van der Waals surface area contributed by atoms with E-state index in [1.165, 1.54) is 24.5 Å². The molecule has 0 spiro atoms. The third kappa shape index (κ3) is 4.27. The summed E-state index contributed by atoms with van der Waals surface area (Å²) in [6.45, 7) is -0.214. The molecule has 1 aromatic rings. The number of rotatable bonds is 6. The van der Waals surface area contributed by atoms with E-state index < -0.39 is 16.1 Å². The van der Waals surface area contributed by atoms with Gasteiger partial charge < -0.3 is 9.84 Å². The molecule has 2 N–H and O–H groups in total. The maximum Gasteiger partial charge on any atom is 0.242 e. The van der Waals surface area contributed by atoms with Crippen molar-refractivity contribution in [2.45, 2.75) is 10.9 Å². The number of aliphatic hydroxyl groups is 1. The minimum Gasteiger partial charge on any atom is -0.395 e. The summed E-state index contributed by atoms with van der Waals surface area (Å²) in [7, 11) is -2.22. The van der Waals surface area contributed by atoms with Crippen molar-refractivity contribution in [2.24, 2.45) is 0 Å².